The average Bonchev–Trinajstić information content (AvgIpc) is 2.78. The van der Waals surface area contributed by atoms with E-state index in [0.717, 1.165) is 12.8 Å². The number of amides is 2. The van der Waals surface area contributed by atoms with Gasteiger partial charge in [-0.05, 0) is 55.7 Å². The van der Waals surface area contributed by atoms with Crippen molar-refractivity contribution in [2.24, 2.45) is 5.73 Å². The lowest BCUT2D eigenvalue weighted by molar-refractivity contribution is -0.137. The number of hydrogen-bond donors (Lipinski definition) is 3. The number of primary amides is 1. The minimum Gasteiger partial charge on any atom is -0.481 e. The zero-order valence-corrected chi connectivity index (χ0v) is 18.0. The van der Waals surface area contributed by atoms with Crippen LogP contribution in [0, 0.1) is 0 Å². The Morgan fingerprint density at radius 2 is 1.53 bits per heavy atom. The number of carbonyl (C=O) groups is 3. The summed E-state index contributed by atoms with van der Waals surface area (Å²) in [4.78, 5) is 37.7. The van der Waals surface area contributed by atoms with Gasteiger partial charge in [-0.3, -0.25) is 14.4 Å². The third kappa shape index (κ3) is 8.03. The quantitative estimate of drug-likeness (QED) is 0.385. The van der Waals surface area contributed by atoms with Crippen molar-refractivity contribution in [1.29, 1.82) is 0 Å². The Hall–Kier alpha value is -3.39. The Morgan fingerprint density at radius 1 is 0.906 bits per heavy atom. The molecule has 0 bridgehead atoms. The van der Waals surface area contributed by atoms with E-state index in [2.05, 4.69) is 0 Å². The molecule has 172 valence electrons. The number of aliphatic hydroxyl groups excluding tert-OH is 1. The number of aliphatic carboxylic acids is 1. The summed E-state index contributed by atoms with van der Waals surface area (Å²) in [7, 11) is 0. The van der Waals surface area contributed by atoms with Gasteiger partial charge in [0.05, 0.1) is 0 Å². The monoisotopic (exact) mass is 442 g/mol. The molecule has 2 aromatic rings. The summed E-state index contributed by atoms with van der Waals surface area (Å²) < 4.78 is 5.74. The second kappa shape index (κ2) is 13.1. The molecule has 0 fully saturated rings. The molecule has 0 aliphatic rings. The van der Waals surface area contributed by atoms with E-state index in [1.54, 1.807) is 24.3 Å². The number of carboxylic acids is 1. The summed E-state index contributed by atoms with van der Waals surface area (Å²) in [5.41, 5.74) is 5.87. The molecule has 32 heavy (non-hydrogen) atoms. The lowest BCUT2D eigenvalue weighted by Gasteiger charge is -2.30. The molecule has 2 rings (SSSR count). The highest BCUT2D eigenvalue weighted by Crippen LogP contribution is 2.22. The van der Waals surface area contributed by atoms with Gasteiger partial charge < -0.3 is 25.6 Å². The van der Waals surface area contributed by atoms with Crippen LogP contribution in [0.15, 0.2) is 54.6 Å². The van der Waals surface area contributed by atoms with Crippen molar-refractivity contribution in [2.45, 2.75) is 44.6 Å². The molecule has 0 heterocycles. The van der Waals surface area contributed by atoms with E-state index in [9.17, 15) is 14.4 Å². The van der Waals surface area contributed by atoms with Crippen LogP contribution in [-0.2, 0) is 9.59 Å². The smallest absolute Gasteiger partial charge is 0.303 e. The summed E-state index contributed by atoms with van der Waals surface area (Å²) in [5.74, 6) is -0.972. The fourth-order valence-corrected chi connectivity index (χ4v) is 3.31. The van der Waals surface area contributed by atoms with Gasteiger partial charge >= 0.3 is 5.97 Å². The molecular formula is C24H30N2O6. The number of hydrogen-bond acceptors (Lipinski definition) is 5. The predicted molar refractivity (Wildman–Crippen MR) is 119 cm³/mol. The van der Waals surface area contributed by atoms with Crippen LogP contribution in [-0.4, -0.2) is 52.1 Å². The van der Waals surface area contributed by atoms with Gasteiger partial charge in [0.15, 0.2) is 0 Å². The largest absolute Gasteiger partial charge is 0.481 e. The zero-order chi connectivity index (χ0) is 23.3. The van der Waals surface area contributed by atoms with E-state index >= 15 is 0 Å². The number of unbranched alkanes of at least 4 members (excludes halogenated alkanes) is 3. The van der Waals surface area contributed by atoms with Crippen LogP contribution in [0.4, 0.5) is 0 Å². The Balaban J connectivity index is 2.15. The first kappa shape index (κ1) is 24.9. The van der Waals surface area contributed by atoms with Gasteiger partial charge in [-0.1, -0.05) is 31.0 Å². The van der Waals surface area contributed by atoms with Crippen molar-refractivity contribution in [2.75, 3.05) is 13.2 Å². The number of carboxylic acid groups (broad SMARTS) is 1. The molecule has 2 amide bonds. The Bertz CT molecular complexity index is 870. The summed E-state index contributed by atoms with van der Waals surface area (Å²) >= 11 is 0. The lowest BCUT2D eigenvalue weighted by atomic mass is 10.1. The minimum absolute atomic E-state index is 0.0533. The third-order valence-corrected chi connectivity index (χ3v) is 4.98. The molecular weight excluding hydrogens is 412 g/mol. The van der Waals surface area contributed by atoms with Gasteiger partial charge in [0.1, 0.15) is 17.5 Å². The highest BCUT2D eigenvalue weighted by molar-refractivity contribution is 5.97. The maximum Gasteiger partial charge on any atom is 0.303 e. The van der Waals surface area contributed by atoms with E-state index in [4.69, 9.17) is 20.7 Å². The number of nitrogens with two attached hydrogens (primary N) is 1. The van der Waals surface area contributed by atoms with Crippen LogP contribution in [0.3, 0.4) is 0 Å². The van der Waals surface area contributed by atoms with Gasteiger partial charge in [-0.2, -0.15) is 0 Å². The molecule has 8 heteroatoms. The van der Waals surface area contributed by atoms with E-state index in [-0.39, 0.29) is 26.0 Å². The van der Waals surface area contributed by atoms with Gasteiger partial charge in [0.25, 0.3) is 5.91 Å². The molecule has 0 radical (unpaired) electrons. The Morgan fingerprint density at radius 3 is 2.12 bits per heavy atom. The maximum absolute atomic E-state index is 13.2. The summed E-state index contributed by atoms with van der Waals surface area (Å²) in [6, 6.07) is 14.7. The minimum atomic E-state index is -1.06. The first-order valence-electron chi connectivity index (χ1n) is 10.7. The molecule has 1 atom stereocenters. The molecule has 0 saturated heterocycles. The highest BCUT2D eigenvalue weighted by atomic mass is 16.5. The number of para-hydroxylation sites is 1. The number of carbonyl (C=O) groups excluding carboxylic acids is 2. The molecule has 0 saturated carbocycles. The molecule has 0 unspecified atom stereocenters. The highest BCUT2D eigenvalue weighted by Gasteiger charge is 2.29. The second-order valence-electron chi connectivity index (χ2n) is 7.43. The van der Waals surface area contributed by atoms with Crippen molar-refractivity contribution in [3.63, 3.8) is 0 Å². The topological polar surface area (TPSA) is 130 Å². The van der Waals surface area contributed by atoms with Crippen LogP contribution in [0.1, 0.15) is 48.9 Å². The van der Waals surface area contributed by atoms with Crippen LogP contribution >= 0.6 is 0 Å². The fourth-order valence-electron chi connectivity index (χ4n) is 3.31. The van der Waals surface area contributed by atoms with Crippen molar-refractivity contribution in [1.82, 2.24) is 4.90 Å². The summed E-state index contributed by atoms with van der Waals surface area (Å²) in [6.07, 6.45) is 2.50. The Kier molecular flexibility index (Phi) is 10.2. The average molecular weight is 443 g/mol. The molecule has 0 aromatic heterocycles. The number of benzene rings is 2. The van der Waals surface area contributed by atoms with Gasteiger partial charge in [-0.15, -0.1) is 0 Å². The van der Waals surface area contributed by atoms with Crippen LogP contribution in [0.25, 0.3) is 0 Å². The molecule has 0 spiro atoms. The van der Waals surface area contributed by atoms with E-state index in [1.165, 1.54) is 4.90 Å². The first-order valence-corrected chi connectivity index (χ1v) is 10.7. The third-order valence-electron chi connectivity index (χ3n) is 4.98. The van der Waals surface area contributed by atoms with Crippen LogP contribution < -0.4 is 10.5 Å². The van der Waals surface area contributed by atoms with Crippen molar-refractivity contribution in [3.8, 4) is 11.5 Å². The number of nitrogens with zero attached hydrogens (tertiary/aromatic N) is 1. The number of aliphatic hydroxyl groups is 1. The van der Waals surface area contributed by atoms with E-state index in [0.29, 0.717) is 29.9 Å². The van der Waals surface area contributed by atoms with Gasteiger partial charge in [0.2, 0.25) is 5.91 Å². The molecule has 0 aliphatic heterocycles. The summed E-state index contributed by atoms with van der Waals surface area (Å²) in [5, 5.41) is 17.9. The molecule has 4 N–H and O–H groups in total. The van der Waals surface area contributed by atoms with Crippen molar-refractivity contribution >= 4 is 17.8 Å². The maximum atomic E-state index is 13.2. The Labute approximate surface area is 187 Å². The molecule has 2 aromatic carbocycles. The molecule has 0 aliphatic carbocycles. The van der Waals surface area contributed by atoms with Crippen molar-refractivity contribution in [3.05, 3.63) is 60.2 Å². The normalized spacial score (nSPS) is 11.5. The van der Waals surface area contributed by atoms with Crippen LogP contribution in [0.2, 0.25) is 0 Å². The number of ether oxygens (including phenoxy) is 1. The van der Waals surface area contributed by atoms with E-state index in [1.807, 2.05) is 30.3 Å². The van der Waals surface area contributed by atoms with Gasteiger partial charge in [-0.25, -0.2) is 0 Å². The second-order valence-corrected chi connectivity index (χ2v) is 7.43. The SMILES string of the molecule is NC(=O)[C@H](CCC(=O)O)N(CCCCCCO)C(=O)c1ccc(Oc2ccccc2)cc1. The van der Waals surface area contributed by atoms with E-state index < -0.39 is 23.8 Å². The lowest BCUT2D eigenvalue weighted by Crippen LogP contribution is -2.48. The van der Waals surface area contributed by atoms with Gasteiger partial charge in [0, 0.05) is 25.1 Å². The fraction of sp³-hybridized carbons (Fsp3) is 0.375. The number of rotatable bonds is 14. The zero-order valence-electron chi connectivity index (χ0n) is 18.0. The van der Waals surface area contributed by atoms with Crippen LogP contribution in [0.5, 0.6) is 11.5 Å². The summed E-state index contributed by atoms with van der Waals surface area (Å²) in [6.45, 7) is 0.363. The predicted octanol–water partition coefficient (Wildman–Crippen LogP) is 3.19. The standard InChI is InChI=1S/C24H30N2O6/c25-23(30)21(14-15-22(28)29)26(16-6-1-2-7-17-27)24(31)18-10-12-20(13-11-18)32-19-8-4-3-5-9-19/h3-5,8-13,21,27H,1-2,6-7,14-17H2,(H2,25,30)(H,28,29)/t21-/m0/s1. The van der Waals surface area contributed by atoms with Crippen molar-refractivity contribution < 1.29 is 29.3 Å². The first-order chi connectivity index (χ1) is 15.4. The molecule has 8 nitrogen and oxygen atoms in total.